The molecule has 0 bridgehead atoms. The number of carbonyl (C=O) groups is 2. The van der Waals surface area contributed by atoms with E-state index >= 15 is 0 Å². The molecule has 0 fully saturated rings. The fourth-order valence-electron chi connectivity index (χ4n) is 3.03. The average molecular weight is 421 g/mol. The molecule has 150 valence electrons. The van der Waals surface area contributed by atoms with Crippen LogP contribution in [0, 0.1) is 10.1 Å². The maximum absolute atomic E-state index is 13.2. The van der Waals surface area contributed by atoms with E-state index in [0.29, 0.717) is 22.8 Å². The molecule has 2 amide bonds. The first-order valence-electron chi connectivity index (χ1n) is 8.95. The summed E-state index contributed by atoms with van der Waals surface area (Å²) in [5.41, 5.74) is 1.16. The molecule has 3 heterocycles. The van der Waals surface area contributed by atoms with Crippen LogP contribution in [0.3, 0.4) is 0 Å². The lowest BCUT2D eigenvalue weighted by molar-refractivity contribution is -0.384. The summed E-state index contributed by atoms with van der Waals surface area (Å²) in [6.45, 7) is 0.0415. The third kappa shape index (κ3) is 3.87. The van der Waals surface area contributed by atoms with Crippen molar-refractivity contribution in [2.45, 2.75) is 12.3 Å². The standard InChI is InChI=1S/C21H15N3O5S/c25-20-18(14-6-8-16(9-7-14)24(27)28)19(30-13-17-5-3-11-29-17)21(26)23(20)12-15-4-1-2-10-22-15/h1-11H,12-13H2. The largest absolute Gasteiger partial charge is 0.468 e. The Hall–Kier alpha value is -3.72. The summed E-state index contributed by atoms with van der Waals surface area (Å²) in [6, 6.07) is 14.4. The number of furan rings is 1. The van der Waals surface area contributed by atoms with Gasteiger partial charge in [-0.25, -0.2) is 0 Å². The lowest BCUT2D eigenvalue weighted by Crippen LogP contribution is -2.31. The van der Waals surface area contributed by atoms with E-state index in [2.05, 4.69) is 4.98 Å². The molecule has 0 spiro atoms. The minimum Gasteiger partial charge on any atom is -0.468 e. The zero-order valence-corrected chi connectivity index (χ0v) is 16.4. The van der Waals surface area contributed by atoms with Crippen LogP contribution in [0.25, 0.3) is 5.57 Å². The summed E-state index contributed by atoms with van der Waals surface area (Å²) in [7, 11) is 0. The van der Waals surface area contributed by atoms with Crippen LogP contribution in [0.15, 0.2) is 76.4 Å². The highest BCUT2D eigenvalue weighted by Crippen LogP contribution is 2.38. The van der Waals surface area contributed by atoms with Crippen molar-refractivity contribution in [2.24, 2.45) is 0 Å². The molecule has 0 unspecified atom stereocenters. The number of amides is 2. The number of thioether (sulfide) groups is 1. The highest BCUT2D eigenvalue weighted by molar-refractivity contribution is 8.03. The molecule has 30 heavy (non-hydrogen) atoms. The Bertz CT molecular complexity index is 1130. The van der Waals surface area contributed by atoms with Gasteiger partial charge in [-0.05, 0) is 42.0 Å². The van der Waals surface area contributed by atoms with Crippen LogP contribution in [-0.4, -0.2) is 26.6 Å². The van der Waals surface area contributed by atoms with Gasteiger partial charge in [0.15, 0.2) is 0 Å². The molecule has 2 aromatic heterocycles. The van der Waals surface area contributed by atoms with Crippen LogP contribution in [0.1, 0.15) is 17.0 Å². The molecule has 1 aliphatic heterocycles. The van der Waals surface area contributed by atoms with Crippen molar-refractivity contribution in [1.29, 1.82) is 0 Å². The Morgan fingerprint density at radius 3 is 2.47 bits per heavy atom. The third-order valence-electron chi connectivity index (χ3n) is 4.48. The Morgan fingerprint density at radius 2 is 1.83 bits per heavy atom. The van der Waals surface area contributed by atoms with Crippen LogP contribution in [-0.2, 0) is 21.9 Å². The lowest BCUT2D eigenvalue weighted by atomic mass is 10.1. The van der Waals surface area contributed by atoms with Gasteiger partial charge in [0.2, 0.25) is 0 Å². The van der Waals surface area contributed by atoms with Crippen molar-refractivity contribution < 1.29 is 18.9 Å². The van der Waals surface area contributed by atoms with E-state index in [1.165, 1.54) is 42.3 Å². The Morgan fingerprint density at radius 1 is 1.03 bits per heavy atom. The zero-order chi connectivity index (χ0) is 21.1. The quantitative estimate of drug-likeness (QED) is 0.324. The zero-order valence-electron chi connectivity index (χ0n) is 15.6. The van der Waals surface area contributed by atoms with Gasteiger partial charge in [-0.3, -0.25) is 29.6 Å². The number of pyridine rings is 1. The highest BCUT2D eigenvalue weighted by Gasteiger charge is 2.39. The fourth-order valence-corrected chi connectivity index (χ4v) is 4.06. The molecular formula is C21H15N3O5S. The molecule has 8 nitrogen and oxygen atoms in total. The summed E-state index contributed by atoms with van der Waals surface area (Å²) < 4.78 is 5.32. The van der Waals surface area contributed by atoms with Gasteiger partial charge in [-0.2, -0.15) is 0 Å². The molecular weight excluding hydrogens is 406 g/mol. The van der Waals surface area contributed by atoms with E-state index in [1.807, 2.05) is 0 Å². The molecule has 9 heteroatoms. The SMILES string of the molecule is O=C1C(SCc2ccco2)=C(c2ccc([N+](=O)[O-])cc2)C(=O)N1Cc1ccccn1. The summed E-state index contributed by atoms with van der Waals surface area (Å²) in [5.74, 6) is 0.158. The molecule has 0 saturated carbocycles. The molecule has 0 atom stereocenters. The fraction of sp³-hybridized carbons (Fsp3) is 0.0952. The Kier molecular flexibility index (Phi) is 5.44. The second-order valence-corrected chi connectivity index (χ2v) is 7.38. The monoisotopic (exact) mass is 421 g/mol. The Balaban J connectivity index is 1.68. The molecule has 0 aliphatic carbocycles. The van der Waals surface area contributed by atoms with E-state index in [4.69, 9.17) is 4.42 Å². The third-order valence-corrected chi connectivity index (χ3v) is 5.57. The Labute approximate surface area is 175 Å². The van der Waals surface area contributed by atoms with Gasteiger partial charge in [0, 0.05) is 18.3 Å². The van der Waals surface area contributed by atoms with Crippen molar-refractivity contribution in [3.63, 3.8) is 0 Å². The summed E-state index contributed by atoms with van der Waals surface area (Å²) in [4.78, 5) is 42.3. The smallest absolute Gasteiger partial charge is 0.269 e. The predicted octanol–water partition coefficient (Wildman–Crippen LogP) is 3.80. The van der Waals surface area contributed by atoms with E-state index in [9.17, 15) is 19.7 Å². The topological polar surface area (TPSA) is 107 Å². The van der Waals surface area contributed by atoms with Crippen LogP contribution >= 0.6 is 11.8 Å². The van der Waals surface area contributed by atoms with Crippen molar-refractivity contribution in [3.05, 3.63) is 99.1 Å². The minimum atomic E-state index is -0.514. The normalized spacial score (nSPS) is 13.9. The van der Waals surface area contributed by atoms with Gasteiger partial charge < -0.3 is 4.42 Å². The molecule has 0 N–H and O–H groups in total. The number of aromatic nitrogens is 1. The van der Waals surface area contributed by atoms with Gasteiger partial charge in [0.1, 0.15) is 5.76 Å². The number of non-ortho nitro benzene ring substituents is 1. The number of benzene rings is 1. The van der Waals surface area contributed by atoms with E-state index in [-0.39, 0.29) is 22.7 Å². The molecule has 3 aromatic rings. The molecule has 1 aliphatic rings. The first-order chi connectivity index (χ1) is 14.5. The number of nitrogens with zero attached hydrogens (tertiary/aromatic N) is 3. The molecule has 0 saturated heterocycles. The number of nitro groups is 1. The summed E-state index contributed by atoms with van der Waals surface area (Å²) >= 11 is 1.20. The minimum absolute atomic E-state index is 0.0415. The predicted molar refractivity (Wildman–Crippen MR) is 110 cm³/mol. The van der Waals surface area contributed by atoms with Crippen LogP contribution in [0.2, 0.25) is 0 Å². The van der Waals surface area contributed by atoms with Crippen molar-refractivity contribution >= 4 is 34.8 Å². The summed E-state index contributed by atoms with van der Waals surface area (Å²) in [6.07, 6.45) is 3.13. The number of rotatable bonds is 7. The first kappa shape index (κ1) is 19.6. The van der Waals surface area contributed by atoms with Crippen molar-refractivity contribution in [2.75, 3.05) is 0 Å². The molecule has 0 radical (unpaired) electrons. The second-order valence-electron chi connectivity index (χ2n) is 6.39. The van der Waals surface area contributed by atoms with E-state index in [0.717, 1.165) is 4.90 Å². The number of carbonyl (C=O) groups excluding carboxylic acids is 2. The van der Waals surface area contributed by atoms with Gasteiger partial charge in [0.05, 0.1) is 39.7 Å². The van der Waals surface area contributed by atoms with Gasteiger partial charge >= 0.3 is 0 Å². The van der Waals surface area contributed by atoms with Gasteiger partial charge in [-0.1, -0.05) is 6.07 Å². The first-order valence-corrected chi connectivity index (χ1v) is 9.93. The highest BCUT2D eigenvalue weighted by atomic mass is 32.2. The van der Waals surface area contributed by atoms with Crippen LogP contribution in [0.4, 0.5) is 5.69 Å². The number of hydrogen-bond acceptors (Lipinski definition) is 7. The summed E-state index contributed by atoms with van der Waals surface area (Å²) in [5, 5.41) is 10.9. The van der Waals surface area contributed by atoms with Crippen LogP contribution < -0.4 is 0 Å². The number of imide groups is 1. The number of hydrogen-bond donors (Lipinski definition) is 0. The van der Waals surface area contributed by atoms with E-state index < -0.39 is 16.7 Å². The van der Waals surface area contributed by atoms with Crippen LogP contribution in [0.5, 0.6) is 0 Å². The maximum atomic E-state index is 13.2. The van der Waals surface area contributed by atoms with Gasteiger partial charge in [-0.15, -0.1) is 11.8 Å². The van der Waals surface area contributed by atoms with Crippen molar-refractivity contribution in [1.82, 2.24) is 9.88 Å². The van der Waals surface area contributed by atoms with E-state index in [1.54, 1.807) is 36.5 Å². The molecule has 1 aromatic carbocycles. The number of nitro benzene ring substituents is 1. The van der Waals surface area contributed by atoms with Crippen molar-refractivity contribution in [3.8, 4) is 0 Å². The second kappa shape index (κ2) is 8.34. The maximum Gasteiger partial charge on any atom is 0.269 e. The van der Waals surface area contributed by atoms with Gasteiger partial charge in [0.25, 0.3) is 17.5 Å². The molecule has 4 rings (SSSR count). The lowest BCUT2D eigenvalue weighted by Gasteiger charge is -2.14. The average Bonchev–Trinajstić information content (AvgIpc) is 3.35.